The molecule has 0 heterocycles. The lowest BCUT2D eigenvalue weighted by Crippen LogP contribution is -2.26. The van der Waals surface area contributed by atoms with Gasteiger partial charge in [-0.15, -0.1) is 0 Å². The van der Waals surface area contributed by atoms with E-state index in [2.05, 4.69) is 0 Å². The normalized spacial score (nSPS) is 10.9. The summed E-state index contributed by atoms with van der Waals surface area (Å²) in [5.41, 5.74) is 0.570. The third-order valence-corrected chi connectivity index (χ3v) is 5.04. The molecule has 0 radical (unpaired) electrons. The number of carbonyl (C=O) groups excluding carboxylic acids is 2. The van der Waals surface area contributed by atoms with E-state index in [0.717, 1.165) is 4.31 Å². The van der Waals surface area contributed by atoms with Gasteiger partial charge >= 0.3 is 5.97 Å². The van der Waals surface area contributed by atoms with Crippen molar-refractivity contribution in [1.29, 1.82) is 0 Å². The standard InChI is InChI=1S/C17H17NO5S/c1-13(19)12-23-17(20)14-7-6-10-16(11-14)24(21,22)18(2)15-8-4-3-5-9-15/h3-11H,12H2,1-2H3. The summed E-state index contributed by atoms with van der Waals surface area (Å²) in [6.07, 6.45) is 0. The summed E-state index contributed by atoms with van der Waals surface area (Å²) in [6, 6.07) is 14.1. The van der Waals surface area contributed by atoms with Crippen LogP contribution < -0.4 is 4.31 Å². The highest BCUT2D eigenvalue weighted by molar-refractivity contribution is 7.92. The van der Waals surface area contributed by atoms with Crippen molar-refractivity contribution in [3.63, 3.8) is 0 Å². The van der Waals surface area contributed by atoms with Crippen LogP contribution >= 0.6 is 0 Å². The SMILES string of the molecule is CC(=O)COC(=O)c1cccc(S(=O)(=O)N(C)c2ccccc2)c1. The van der Waals surface area contributed by atoms with Gasteiger partial charge in [0, 0.05) is 7.05 Å². The van der Waals surface area contributed by atoms with E-state index < -0.39 is 16.0 Å². The van der Waals surface area contributed by atoms with Crippen LogP contribution in [0.5, 0.6) is 0 Å². The number of nitrogens with zero attached hydrogens (tertiary/aromatic N) is 1. The molecule has 0 aliphatic heterocycles. The number of Topliss-reactive ketones (excluding diaryl/α,β-unsaturated/α-hetero) is 1. The van der Waals surface area contributed by atoms with Gasteiger partial charge in [-0.3, -0.25) is 9.10 Å². The number of sulfonamides is 1. The maximum Gasteiger partial charge on any atom is 0.338 e. The molecule has 0 saturated heterocycles. The molecule has 0 spiro atoms. The first-order chi connectivity index (χ1) is 11.3. The van der Waals surface area contributed by atoms with Crippen LogP contribution in [0.25, 0.3) is 0 Å². The molecule has 0 N–H and O–H groups in total. The van der Waals surface area contributed by atoms with Crippen molar-refractivity contribution >= 4 is 27.5 Å². The Balaban J connectivity index is 2.30. The number of ketones is 1. The molecule has 0 fully saturated rings. The largest absolute Gasteiger partial charge is 0.454 e. The second-order valence-corrected chi connectivity index (χ2v) is 7.08. The van der Waals surface area contributed by atoms with Gasteiger partial charge < -0.3 is 4.74 Å². The van der Waals surface area contributed by atoms with Crippen LogP contribution in [0.1, 0.15) is 17.3 Å². The van der Waals surface area contributed by atoms with Gasteiger partial charge in [-0.25, -0.2) is 13.2 Å². The van der Waals surface area contributed by atoms with Crippen molar-refractivity contribution in [2.45, 2.75) is 11.8 Å². The van der Waals surface area contributed by atoms with E-state index in [1.807, 2.05) is 0 Å². The number of carbonyl (C=O) groups is 2. The van der Waals surface area contributed by atoms with Crippen LogP contribution in [-0.4, -0.2) is 33.8 Å². The summed E-state index contributed by atoms with van der Waals surface area (Å²) < 4.78 is 31.3. The molecule has 0 aromatic heterocycles. The molecule has 2 aromatic carbocycles. The Bertz CT molecular complexity index is 846. The van der Waals surface area contributed by atoms with E-state index in [4.69, 9.17) is 4.74 Å². The minimum atomic E-state index is -3.82. The second-order valence-electron chi connectivity index (χ2n) is 5.11. The Hall–Kier alpha value is -2.67. The molecule has 0 bridgehead atoms. The fraction of sp³-hybridized carbons (Fsp3) is 0.176. The number of rotatable bonds is 6. The van der Waals surface area contributed by atoms with Gasteiger partial charge in [0.05, 0.1) is 16.1 Å². The highest BCUT2D eigenvalue weighted by Crippen LogP contribution is 2.22. The molecule has 0 amide bonds. The van der Waals surface area contributed by atoms with E-state index in [1.165, 1.54) is 38.2 Å². The number of ether oxygens (including phenoxy) is 1. The van der Waals surface area contributed by atoms with Gasteiger partial charge in [0.15, 0.2) is 5.78 Å². The summed E-state index contributed by atoms with van der Waals surface area (Å²) >= 11 is 0. The minimum Gasteiger partial charge on any atom is -0.454 e. The highest BCUT2D eigenvalue weighted by atomic mass is 32.2. The maximum absolute atomic E-state index is 12.7. The summed E-state index contributed by atoms with van der Waals surface area (Å²) in [5.74, 6) is -1.04. The van der Waals surface area contributed by atoms with E-state index >= 15 is 0 Å². The predicted octanol–water partition coefficient (Wildman–Crippen LogP) is 2.26. The van der Waals surface area contributed by atoms with Crippen molar-refractivity contribution < 1.29 is 22.7 Å². The number of hydrogen-bond acceptors (Lipinski definition) is 5. The molecule has 7 heteroatoms. The fourth-order valence-electron chi connectivity index (χ4n) is 1.97. The Morgan fingerprint density at radius 3 is 2.33 bits per heavy atom. The van der Waals surface area contributed by atoms with Crippen LogP contribution in [0.15, 0.2) is 59.5 Å². The molecule has 0 atom stereocenters. The number of anilines is 1. The summed E-state index contributed by atoms with van der Waals surface area (Å²) in [4.78, 5) is 22.7. The average Bonchev–Trinajstić information content (AvgIpc) is 2.59. The Kier molecular flexibility index (Phi) is 5.35. The molecule has 2 aromatic rings. The van der Waals surface area contributed by atoms with Gasteiger partial charge in [-0.2, -0.15) is 0 Å². The average molecular weight is 347 g/mol. The predicted molar refractivity (Wildman–Crippen MR) is 89.4 cm³/mol. The third-order valence-electron chi connectivity index (χ3n) is 3.25. The first kappa shape index (κ1) is 17.7. The van der Waals surface area contributed by atoms with Gasteiger partial charge in [0.1, 0.15) is 6.61 Å². The Labute approximate surface area is 140 Å². The first-order valence-corrected chi connectivity index (χ1v) is 8.57. The van der Waals surface area contributed by atoms with Crippen LogP contribution in [0.2, 0.25) is 0 Å². The van der Waals surface area contributed by atoms with Crippen molar-refractivity contribution in [2.75, 3.05) is 18.0 Å². The monoisotopic (exact) mass is 347 g/mol. The van der Waals surface area contributed by atoms with E-state index in [9.17, 15) is 18.0 Å². The van der Waals surface area contributed by atoms with Crippen LogP contribution in [0.4, 0.5) is 5.69 Å². The number of para-hydroxylation sites is 1. The van der Waals surface area contributed by atoms with Crippen molar-refractivity contribution in [3.8, 4) is 0 Å². The van der Waals surface area contributed by atoms with Crippen molar-refractivity contribution in [3.05, 3.63) is 60.2 Å². The molecule has 6 nitrogen and oxygen atoms in total. The van der Waals surface area contributed by atoms with Crippen LogP contribution in [0, 0.1) is 0 Å². The lowest BCUT2D eigenvalue weighted by atomic mass is 10.2. The Morgan fingerprint density at radius 1 is 1.04 bits per heavy atom. The zero-order valence-electron chi connectivity index (χ0n) is 13.3. The molecular weight excluding hydrogens is 330 g/mol. The number of esters is 1. The third kappa shape index (κ3) is 3.99. The summed E-state index contributed by atoms with van der Waals surface area (Å²) in [5, 5.41) is 0. The summed E-state index contributed by atoms with van der Waals surface area (Å²) in [7, 11) is -2.38. The molecule has 0 aliphatic carbocycles. The highest BCUT2D eigenvalue weighted by Gasteiger charge is 2.22. The van der Waals surface area contributed by atoms with Crippen molar-refractivity contribution in [2.24, 2.45) is 0 Å². The first-order valence-electron chi connectivity index (χ1n) is 7.13. The molecule has 0 saturated carbocycles. The zero-order chi connectivity index (χ0) is 17.7. The quantitative estimate of drug-likeness (QED) is 0.749. The number of benzene rings is 2. The van der Waals surface area contributed by atoms with E-state index in [-0.39, 0.29) is 22.8 Å². The molecule has 24 heavy (non-hydrogen) atoms. The van der Waals surface area contributed by atoms with Gasteiger partial charge in [-0.1, -0.05) is 24.3 Å². The summed E-state index contributed by atoms with van der Waals surface area (Å²) in [6.45, 7) is 0.947. The minimum absolute atomic E-state index is 0.0360. The fourth-order valence-corrected chi connectivity index (χ4v) is 3.21. The van der Waals surface area contributed by atoms with E-state index in [0.29, 0.717) is 5.69 Å². The lowest BCUT2D eigenvalue weighted by molar-refractivity contribution is -0.120. The van der Waals surface area contributed by atoms with Gasteiger partial charge in [0.25, 0.3) is 10.0 Å². The maximum atomic E-state index is 12.7. The van der Waals surface area contributed by atoms with Gasteiger partial charge in [-0.05, 0) is 37.3 Å². The molecule has 126 valence electrons. The smallest absolute Gasteiger partial charge is 0.338 e. The second kappa shape index (κ2) is 7.27. The zero-order valence-corrected chi connectivity index (χ0v) is 14.1. The van der Waals surface area contributed by atoms with Crippen LogP contribution in [-0.2, 0) is 19.6 Å². The van der Waals surface area contributed by atoms with E-state index in [1.54, 1.807) is 30.3 Å². The van der Waals surface area contributed by atoms with Crippen LogP contribution in [0.3, 0.4) is 0 Å². The lowest BCUT2D eigenvalue weighted by Gasteiger charge is -2.19. The topological polar surface area (TPSA) is 80.8 Å². The molecular formula is C17H17NO5S. The molecule has 0 unspecified atom stereocenters. The Morgan fingerprint density at radius 2 is 1.71 bits per heavy atom. The van der Waals surface area contributed by atoms with Crippen molar-refractivity contribution in [1.82, 2.24) is 0 Å². The molecule has 2 rings (SSSR count). The van der Waals surface area contributed by atoms with Gasteiger partial charge in [0.2, 0.25) is 0 Å². The number of hydrogen-bond donors (Lipinski definition) is 0. The molecule has 0 aliphatic rings.